The number of carboxylic acid groups (broad SMARTS) is 1. The number of carbonyl (C=O) groups is 4. The van der Waals surface area contributed by atoms with Crippen molar-refractivity contribution < 1.29 is 24.3 Å². The number of imidazole rings is 1. The molecule has 0 saturated carbocycles. The number of nitrogens with one attached hydrogen (secondary N) is 3. The van der Waals surface area contributed by atoms with Gasteiger partial charge in [0, 0.05) is 30.6 Å². The number of carboxylic acids is 1. The van der Waals surface area contributed by atoms with Crippen LogP contribution in [0.1, 0.15) is 25.0 Å². The number of nitrogens with zero attached hydrogens (tertiary/aromatic N) is 2. The summed E-state index contributed by atoms with van der Waals surface area (Å²) in [6, 6.07) is -3.71. The number of thiol groups is 1. The number of nitrogens with two attached hydrogens (primary N) is 1. The van der Waals surface area contributed by atoms with Crippen molar-refractivity contribution in [3.8, 4) is 0 Å². The summed E-state index contributed by atoms with van der Waals surface area (Å²) in [4.78, 5) is 58.2. The van der Waals surface area contributed by atoms with Gasteiger partial charge in [-0.05, 0) is 31.3 Å². The predicted molar refractivity (Wildman–Crippen MR) is 123 cm³/mol. The zero-order valence-corrected chi connectivity index (χ0v) is 19.5. The van der Waals surface area contributed by atoms with Gasteiger partial charge in [0.05, 0.1) is 12.4 Å². The fourth-order valence-electron chi connectivity index (χ4n) is 3.44. The quantitative estimate of drug-likeness (QED) is 0.204. The molecule has 1 saturated heterocycles. The molecule has 13 heteroatoms. The zero-order chi connectivity index (χ0) is 23.7. The Kier molecular flexibility index (Phi) is 10.3. The van der Waals surface area contributed by atoms with E-state index in [0.717, 1.165) is 0 Å². The average Bonchev–Trinajstić information content (AvgIpc) is 3.46. The molecular formula is C19H30N6O5S2. The second-order valence-electron chi connectivity index (χ2n) is 7.50. The molecule has 0 aromatic carbocycles. The maximum absolute atomic E-state index is 13.2. The summed E-state index contributed by atoms with van der Waals surface area (Å²) in [5.74, 6) is -1.89. The molecule has 32 heavy (non-hydrogen) atoms. The summed E-state index contributed by atoms with van der Waals surface area (Å²) in [6.07, 6.45) is 6.23. The van der Waals surface area contributed by atoms with Crippen molar-refractivity contribution in [2.75, 3.05) is 24.3 Å². The molecule has 0 aliphatic carbocycles. The van der Waals surface area contributed by atoms with Gasteiger partial charge < -0.3 is 31.4 Å². The van der Waals surface area contributed by atoms with Crippen LogP contribution >= 0.6 is 24.4 Å². The van der Waals surface area contributed by atoms with Crippen LogP contribution in [0.4, 0.5) is 0 Å². The van der Waals surface area contributed by atoms with E-state index in [9.17, 15) is 24.3 Å². The number of aliphatic carboxylic acids is 1. The number of hydrogen-bond donors (Lipinski definition) is 6. The van der Waals surface area contributed by atoms with Crippen LogP contribution in [0, 0.1) is 0 Å². The highest BCUT2D eigenvalue weighted by Crippen LogP contribution is 2.19. The summed E-state index contributed by atoms with van der Waals surface area (Å²) in [7, 11) is 0. The molecule has 6 N–H and O–H groups in total. The third-order valence-corrected chi connectivity index (χ3v) is 6.23. The lowest BCUT2D eigenvalue weighted by Gasteiger charge is -2.28. The minimum Gasteiger partial charge on any atom is -0.480 e. The van der Waals surface area contributed by atoms with Crippen LogP contribution < -0.4 is 16.4 Å². The largest absolute Gasteiger partial charge is 0.480 e. The second-order valence-corrected chi connectivity index (χ2v) is 8.85. The first-order valence-corrected chi connectivity index (χ1v) is 12.3. The molecule has 1 aromatic heterocycles. The highest BCUT2D eigenvalue weighted by Gasteiger charge is 2.38. The third-order valence-electron chi connectivity index (χ3n) is 5.19. The van der Waals surface area contributed by atoms with E-state index in [-0.39, 0.29) is 12.2 Å². The standard InChI is InChI=1S/C19H30N6O5S2/c1-32-6-4-13(23-16(26)12(20)9-31)17(27)24-14(7-11-8-21-10-22-11)18(28)25-5-2-3-15(25)19(29)30/h8,10,12-15,31H,2-7,9,20H2,1H3,(H,21,22)(H,23,26)(H,24,27)(H,29,30). The van der Waals surface area contributed by atoms with Crippen molar-refractivity contribution in [3.05, 3.63) is 18.2 Å². The molecule has 11 nitrogen and oxygen atoms in total. The molecule has 2 rings (SSSR count). The molecule has 4 atom stereocenters. The Labute approximate surface area is 196 Å². The summed E-state index contributed by atoms with van der Waals surface area (Å²) in [6.45, 7) is 0.300. The van der Waals surface area contributed by atoms with Crippen molar-refractivity contribution in [2.24, 2.45) is 5.73 Å². The van der Waals surface area contributed by atoms with Crippen LogP contribution in [0.3, 0.4) is 0 Å². The highest BCUT2D eigenvalue weighted by molar-refractivity contribution is 7.98. The molecule has 3 amide bonds. The van der Waals surface area contributed by atoms with Gasteiger partial charge >= 0.3 is 5.97 Å². The number of aromatic nitrogens is 2. The number of carbonyl (C=O) groups excluding carboxylic acids is 3. The summed E-state index contributed by atoms with van der Waals surface area (Å²) in [5, 5.41) is 14.8. The van der Waals surface area contributed by atoms with Crippen LogP contribution in [0.2, 0.25) is 0 Å². The molecule has 178 valence electrons. The summed E-state index contributed by atoms with van der Waals surface area (Å²) in [5.41, 5.74) is 6.31. The van der Waals surface area contributed by atoms with Gasteiger partial charge in [0.25, 0.3) is 0 Å². The Morgan fingerprint density at radius 2 is 2.06 bits per heavy atom. The molecule has 2 heterocycles. The van der Waals surface area contributed by atoms with E-state index in [0.29, 0.717) is 37.3 Å². The van der Waals surface area contributed by atoms with Gasteiger partial charge in [0.2, 0.25) is 17.7 Å². The smallest absolute Gasteiger partial charge is 0.326 e. The van der Waals surface area contributed by atoms with E-state index < -0.39 is 47.9 Å². The van der Waals surface area contributed by atoms with E-state index in [1.807, 2.05) is 6.26 Å². The van der Waals surface area contributed by atoms with Gasteiger partial charge in [0.1, 0.15) is 18.1 Å². The zero-order valence-electron chi connectivity index (χ0n) is 17.8. The maximum atomic E-state index is 13.2. The Bertz CT molecular complexity index is 793. The molecule has 1 aromatic rings. The molecule has 1 aliphatic rings. The molecule has 1 aliphatic heterocycles. The van der Waals surface area contributed by atoms with Gasteiger partial charge in [-0.1, -0.05) is 0 Å². The third kappa shape index (κ3) is 7.14. The van der Waals surface area contributed by atoms with Crippen molar-refractivity contribution in [1.29, 1.82) is 0 Å². The number of thioether (sulfide) groups is 1. The Morgan fingerprint density at radius 1 is 1.34 bits per heavy atom. The van der Waals surface area contributed by atoms with E-state index in [1.165, 1.54) is 29.2 Å². The molecule has 4 unspecified atom stereocenters. The van der Waals surface area contributed by atoms with Crippen molar-refractivity contribution in [1.82, 2.24) is 25.5 Å². The van der Waals surface area contributed by atoms with E-state index in [4.69, 9.17) is 5.73 Å². The van der Waals surface area contributed by atoms with Crippen LogP contribution in [0.15, 0.2) is 12.5 Å². The fourth-order valence-corrected chi connectivity index (χ4v) is 4.08. The summed E-state index contributed by atoms with van der Waals surface area (Å²) >= 11 is 5.52. The van der Waals surface area contributed by atoms with Gasteiger partial charge in [-0.25, -0.2) is 9.78 Å². The Morgan fingerprint density at radius 3 is 2.66 bits per heavy atom. The van der Waals surface area contributed by atoms with Crippen LogP contribution in [0.25, 0.3) is 0 Å². The highest BCUT2D eigenvalue weighted by atomic mass is 32.2. The summed E-state index contributed by atoms with van der Waals surface area (Å²) < 4.78 is 0. The normalized spacial score (nSPS) is 18.6. The van der Waals surface area contributed by atoms with Gasteiger partial charge in [-0.15, -0.1) is 0 Å². The van der Waals surface area contributed by atoms with E-state index in [2.05, 4.69) is 33.2 Å². The predicted octanol–water partition coefficient (Wildman–Crippen LogP) is -0.992. The van der Waals surface area contributed by atoms with Crippen LogP contribution in [0.5, 0.6) is 0 Å². The lowest BCUT2D eigenvalue weighted by atomic mass is 10.1. The van der Waals surface area contributed by atoms with Gasteiger partial charge in [-0.2, -0.15) is 24.4 Å². The molecule has 1 fully saturated rings. The van der Waals surface area contributed by atoms with E-state index in [1.54, 1.807) is 0 Å². The number of H-pyrrole nitrogens is 1. The van der Waals surface area contributed by atoms with E-state index >= 15 is 0 Å². The fraction of sp³-hybridized carbons (Fsp3) is 0.632. The van der Waals surface area contributed by atoms with Crippen molar-refractivity contribution in [3.63, 3.8) is 0 Å². The van der Waals surface area contributed by atoms with Crippen molar-refractivity contribution in [2.45, 2.75) is 49.9 Å². The number of likely N-dealkylation sites (tertiary alicyclic amines) is 1. The van der Waals surface area contributed by atoms with Gasteiger partial charge in [-0.3, -0.25) is 14.4 Å². The number of aromatic amines is 1. The van der Waals surface area contributed by atoms with Crippen molar-refractivity contribution >= 4 is 48.1 Å². The Hall–Kier alpha value is -2.25. The molecule has 0 spiro atoms. The first-order valence-electron chi connectivity index (χ1n) is 10.2. The van der Waals surface area contributed by atoms with Gasteiger partial charge in [0.15, 0.2) is 0 Å². The number of rotatable bonds is 12. The SMILES string of the molecule is CSCCC(NC(=O)C(N)CS)C(=O)NC(Cc1cnc[nH]1)C(=O)N1CCCC1C(=O)O. The molecule has 0 bridgehead atoms. The Balaban J connectivity index is 2.19. The average molecular weight is 487 g/mol. The lowest BCUT2D eigenvalue weighted by molar-refractivity contribution is -0.149. The first-order chi connectivity index (χ1) is 15.3. The minimum atomic E-state index is -1.08. The van der Waals surface area contributed by atoms with Crippen LogP contribution in [-0.4, -0.2) is 92.1 Å². The monoisotopic (exact) mass is 486 g/mol. The molecular weight excluding hydrogens is 456 g/mol. The topological polar surface area (TPSA) is 171 Å². The maximum Gasteiger partial charge on any atom is 0.326 e. The van der Waals surface area contributed by atoms with Crippen LogP contribution in [-0.2, 0) is 25.6 Å². The first kappa shape index (κ1) is 26.0. The minimum absolute atomic E-state index is 0.104. The number of amides is 3. The lowest BCUT2D eigenvalue weighted by Crippen LogP contribution is -2.58. The second kappa shape index (κ2) is 12.7. The number of hydrogen-bond acceptors (Lipinski definition) is 8. The molecule has 0 radical (unpaired) electrons.